The van der Waals surface area contributed by atoms with Crippen LogP contribution in [-0.2, 0) is 9.59 Å². The zero-order valence-corrected chi connectivity index (χ0v) is 11.5. The van der Waals surface area contributed by atoms with Crippen molar-refractivity contribution in [2.45, 2.75) is 38.6 Å². The van der Waals surface area contributed by atoms with Gasteiger partial charge in [0.25, 0.3) is 0 Å². The average molecular weight is 259 g/mol. The lowest BCUT2D eigenvalue weighted by atomic mass is 9.94. The third-order valence-corrected chi connectivity index (χ3v) is 4.44. The molecule has 1 rings (SSSR count). The van der Waals surface area contributed by atoms with Crippen molar-refractivity contribution in [3.05, 3.63) is 0 Å². The van der Waals surface area contributed by atoms with Gasteiger partial charge >= 0.3 is 5.97 Å². The Morgan fingerprint density at radius 3 is 2.35 bits per heavy atom. The van der Waals surface area contributed by atoms with Crippen LogP contribution in [0.1, 0.15) is 33.1 Å². The molecule has 1 fully saturated rings. The van der Waals surface area contributed by atoms with E-state index in [-0.39, 0.29) is 18.2 Å². The maximum Gasteiger partial charge on any atom is 0.305 e. The number of carboxylic acids is 1. The predicted octanol–water partition coefficient (Wildman–Crippen LogP) is 1.84. The fourth-order valence-electron chi connectivity index (χ4n) is 2.01. The van der Waals surface area contributed by atoms with Gasteiger partial charge in [-0.25, -0.2) is 0 Å². The third kappa shape index (κ3) is 3.91. The number of carbonyl (C=O) groups excluding carboxylic acids is 1. The third-order valence-electron chi connectivity index (χ3n) is 3.39. The number of rotatable bonds is 4. The molecule has 1 heterocycles. The number of amides is 1. The minimum Gasteiger partial charge on any atom is -0.481 e. The van der Waals surface area contributed by atoms with Crippen LogP contribution in [0, 0.1) is 5.92 Å². The highest BCUT2D eigenvalue weighted by atomic mass is 32.2. The lowest BCUT2D eigenvalue weighted by Gasteiger charge is -2.37. The lowest BCUT2D eigenvalue weighted by molar-refractivity contribution is -0.145. The number of carboxylic acid groups (broad SMARTS) is 1. The van der Waals surface area contributed by atoms with E-state index < -0.39 is 11.5 Å². The van der Waals surface area contributed by atoms with Gasteiger partial charge < -0.3 is 10.0 Å². The summed E-state index contributed by atoms with van der Waals surface area (Å²) in [6.07, 6.45) is 1.81. The van der Waals surface area contributed by atoms with Gasteiger partial charge in [-0.15, -0.1) is 0 Å². The van der Waals surface area contributed by atoms with Crippen molar-refractivity contribution in [1.29, 1.82) is 0 Å². The van der Waals surface area contributed by atoms with Gasteiger partial charge in [0.2, 0.25) is 5.91 Å². The van der Waals surface area contributed by atoms with Crippen LogP contribution in [0.3, 0.4) is 0 Å². The minimum atomic E-state index is -0.867. The van der Waals surface area contributed by atoms with Gasteiger partial charge in [-0.1, -0.05) is 0 Å². The van der Waals surface area contributed by atoms with Gasteiger partial charge in [0.05, 0.1) is 6.42 Å². The zero-order valence-electron chi connectivity index (χ0n) is 10.7. The number of thioether (sulfide) groups is 1. The fraction of sp³-hybridized carbons (Fsp3) is 0.833. The molecular formula is C12H21NO3S. The molecule has 4 nitrogen and oxygen atoms in total. The van der Waals surface area contributed by atoms with Gasteiger partial charge in [-0.3, -0.25) is 9.59 Å². The second-order valence-corrected chi connectivity index (χ2v) is 6.39. The maximum atomic E-state index is 12.2. The summed E-state index contributed by atoms with van der Waals surface area (Å²) in [5, 5.41) is 8.85. The van der Waals surface area contributed by atoms with Crippen LogP contribution in [0.15, 0.2) is 0 Å². The summed E-state index contributed by atoms with van der Waals surface area (Å²) >= 11 is 1.88. The maximum absolute atomic E-state index is 12.2. The van der Waals surface area contributed by atoms with Crippen molar-refractivity contribution in [1.82, 2.24) is 4.90 Å². The molecule has 0 bridgehead atoms. The normalized spacial score (nSPS) is 17.8. The Hall–Kier alpha value is -0.710. The molecule has 0 unspecified atom stereocenters. The largest absolute Gasteiger partial charge is 0.481 e. The molecule has 0 radical (unpaired) electrons. The molecule has 0 aromatic heterocycles. The second-order valence-electron chi connectivity index (χ2n) is 5.17. The molecule has 1 aliphatic heterocycles. The zero-order chi connectivity index (χ0) is 13.1. The number of nitrogens with zero attached hydrogens (tertiary/aromatic N) is 1. The number of carbonyl (C=O) groups is 2. The summed E-state index contributed by atoms with van der Waals surface area (Å²) in [7, 11) is 1.72. The molecule has 1 aliphatic rings. The Kier molecular flexibility index (Phi) is 4.86. The van der Waals surface area contributed by atoms with E-state index in [0.717, 1.165) is 24.3 Å². The number of hydrogen-bond donors (Lipinski definition) is 1. The van der Waals surface area contributed by atoms with Crippen molar-refractivity contribution in [3.63, 3.8) is 0 Å². The molecule has 1 saturated heterocycles. The first-order chi connectivity index (χ1) is 7.84. The lowest BCUT2D eigenvalue weighted by Crippen LogP contribution is -2.49. The van der Waals surface area contributed by atoms with Crippen LogP contribution in [0.25, 0.3) is 0 Å². The molecule has 1 amide bonds. The van der Waals surface area contributed by atoms with E-state index in [1.54, 1.807) is 25.8 Å². The molecule has 0 aromatic rings. The van der Waals surface area contributed by atoms with Crippen molar-refractivity contribution < 1.29 is 14.7 Å². The molecule has 5 heteroatoms. The molecule has 0 saturated carbocycles. The molecule has 17 heavy (non-hydrogen) atoms. The highest BCUT2D eigenvalue weighted by molar-refractivity contribution is 7.99. The van der Waals surface area contributed by atoms with E-state index in [1.165, 1.54) is 0 Å². The van der Waals surface area contributed by atoms with Gasteiger partial charge in [0.1, 0.15) is 0 Å². The highest BCUT2D eigenvalue weighted by Gasteiger charge is 2.34. The molecule has 98 valence electrons. The summed E-state index contributed by atoms with van der Waals surface area (Å²) in [4.78, 5) is 24.6. The Bertz CT molecular complexity index is 298. The molecular weight excluding hydrogens is 238 g/mol. The monoisotopic (exact) mass is 259 g/mol. The fourth-order valence-corrected chi connectivity index (χ4v) is 3.11. The van der Waals surface area contributed by atoms with Crippen LogP contribution in [0.5, 0.6) is 0 Å². The Balaban J connectivity index is 2.63. The van der Waals surface area contributed by atoms with Gasteiger partial charge in [0.15, 0.2) is 0 Å². The number of hydrogen-bond acceptors (Lipinski definition) is 3. The molecule has 0 atom stereocenters. The Labute approximate surface area is 107 Å². The first-order valence-corrected chi connectivity index (χ1v) is 7.07. The molecule has 0 spiro atoms. The van der Waals surface area contributed by atoms with Crippen LogP contribution >= 0.6 is 11.8 Å². The summed E-state index contributed by atoms with van der Waals surface area (Å²) in [5.41, 5.74) is -0.618. The molecule has 0 aromatic carbocycles. The Morgan fingerprint density at radius 2 is 1.88 bits per heavy atom. The van der Waals surface area contributed by atoms with Crippen LogP contribution in [0.2, 0.25) is 0 Å². The average Bonchev–Trinajstić information content (AvgIpc) is 2.26. The Morgan fingerprint density at radius 1 is 1.35 bits per heavy atom. The van der Waals surface area contributed by atoms with Gasteiger partial charge in [0, 0.05) is 18.5 Å². The second kappa shape index (κ2) is 5.76. The quantitative estimate of drug-likeness (QED) is 0.837. The van der Waals surface area contributed by atoms with E-state index in [2.05, 4.69) is 0 Å². The van der Waals surface area contributed by atoms with E-state index >= 15 is 0 Å². The predicted molar refractivity (Wildman–Crippen MR) is 69.2 cm³/mol. The van der Waals surface area contributed by atoms with Gasteiger partial charge in [-0.05, 0) is 38.2 Å². The smallest absolute Gasteiger partial charge is 0.305 e. The van der Waals surface area contributed by atoms with E-state index in [1.807, 2.05) is 11.8 Å². The van der Waals surface area contributed by atoms with E-state index in [9.17, 15) is 9.59 Å². The van der Waals surface area contributed by atoms with Crippen molar-refractivity contribution in [3.8, 4) is 0 Å². The molecule has 0 aliphatic carbocycles. The standard InChI is InChI=1S/C12H21NO3S/c1-12(2,8-10(14)15)13(3)11(16)9-4-6-17-7-5-9/h9H,4-8H2,1-3H3,(H,14,15). The first-order valence-electron chi connectivity index (χ1n) is 5.92. The van der Waals surface area contributed by atoms with Crippen LogP contribution in [0.4, 0.5) is 0 Å². The topological polar surface area (TPSA) is 57.6 Å². The van der Waals surface area contributed by atoms with Crippen molar-refractivity contribution in [2.75, 3.05) is 18.6 Å². The summed E-state index contributed by atoms with van der Waals surface area (Å²) in [6.45, 7) is 3.60. The van der Waals surface area contributed by atoms with Crippen molar-refractivity contribution >= 4 is 23.6 Å². The SMILES string of the molecule is CN(C(=O)C1CCSCC1)C(C)(C)CC(=O)O. The first kappa shape index (κ1) is 14.4. The highest BCUT2D eigenvalue weighted by Crippen LogP contribution is 2.27. The van der Waals surface area contributed by atoms with Crippen LogP contribution in [-0.4, -0.2) is 46.0 Å². The summed E-state index contributed by atoms with van der Waals surface area (Å²) in [6, 6.07) is 0. The van der Waals surface area contributed by atoms with Gasteiger partial charge in [-0.2, -0.15) is 11.8 Å². The van der Waals surface area contributed by atoms with Crippen LogP contribution < -0.4 is 0 Å². The molecule has 1 N–H and O–H groups in total. The minimum absolute atomic E-state index is 0.0172. The van der Waals surface area contributed by atoms with E-state index in [0.29, 0.717) is 0 Å². The van der Waals surface area contributed by atoms with Crippen molar-refractivity contribution in [2.24, 2.45) is 5.92 Å². The summed E-state index contributed by atoms with van der Waals surface area (Å²) in [5.74, 6) is 1.37. The summed E-state index contributed by atoms with van der Waals surface area (Å²) < 4.78 is 0. The van der Waals surface area contributed by atoms with E-state index in [4.69, 9.17) is 5.11 Å². The number of aliphatic carboxylic acids is 1.